The summed E-state index contributed by atoms with van der Waals surface area (Å²) in [5.74, 6) is 1.30. The summed E-state index contributed by atoms with van der Waals surface area (Å²) in [7, 11) is 0. The van der Waals surface area contributed by atoms with E-state index in [2.05, 4.69) is 13.8 Å². The molecule has 3 rings (SSSR count). The van der Waals surface area contributed by atoms with Crippen LogP contribution >= 0.6 is 0 Å². The number of ketones is 2. The van der Waals surface area contributed by atoms with Crippen molar-refractivity contribution >= 4 is 11.6 Å². The van der Waals surface area contributed by atoms with Crippen LogP contribution in [0.3, 0.4) is 0 Å². The first kappa shape index (κ1) is 9.88. The zero-order valence-electron chi connectivity index (χ0n) is 9.17. The third kappa shape index (κ3) is 1.32. The first-order valence-corrected chi connectivity index (χ1v) is 5.45. The Bertz CT molecular complexity index is 291. The molecule has 0 aromatic carbocycles. The molecule has 0 spiro atoms. The Morgan fingerprint density at radius 2 is 2.07 bits per heavy atom. The minimum atomic E-state index is 0.154. The molecule has 0 aromatic heterocycles. The van der Waals surface area contributed by atoms with Gasteiger partial charge >= 0.3 is 0 Å². The van der Waals surface area contributed by atoms with Gasteiger partial charge < -0.3 is 0 Å². The molecule has 3 fully saturated rings. The van der Waals surface area contributed by atoms with E-state index in [-0.39, 0.29) is 23.0 Å². The molecule has 78 valence electrons. The van der Waals surface area contributed by atoms with Crippen LogP contribution in [-0.4, -0.2) is 11.6 Å². The topological polar surface area (TPSA) is 34.1 Å². The van der Waals surface area contributed by atoms with Crippen LogP contribution in [0.5, 0.6) is 0 Å². The lowest BCUT2D eigenvalue weighted by Gasteiger charge is -2.50. The van der Waals surface area contributed by atoms with Crippen LogP contribution in [0, 0.1) is 23.2 Å². The molecule has 0 unspecified atom stereocenters. The summed E-state index contributed by atoms with van der Waals surface area (Å²) in [6, 6.07) is 0. The lowest BCUT2D eigenvalue weighted by atomic mass is 9.52. The van der Waals surface area contributed by atoms with Crippen LogP contribution in [0.2, 0.25) is 0 Å². The number of Topliss-reactive ketones (excluding diaryl/α,β-unsaturated/α-hetero) is 2. The van der Waals surface area contributed by atoms with Crippen molar-refractivity contribution in [3.8, 4) is 0 Å². The van der Waals surface area contributed by atoms with E-state index in [0.29, 0.717) is 18.1 Å². The van der Waals surface area contributed by atoms with Gasteiger partial charge in [-0.1, -0.05) is 13.8 Å². The SMILES string of the molecule is CC(=O)[C@H]1C[C@@H]2CC(C)(C)[C@@H]1CC2=O. The minimum Gasteiger partial charge on any atom is -0.300 e. The predicted octanol–water partition coefficient (Wildman–Crippen LogP) is 2.22. The highest BCUT2D eigenvalue weighted by molar-refractivity contribution is 5.87. The van der Waals surface area contributed by atoms with E-state index in [1.54, 1.807) is 6.92 Å². The Labute approximate surface area is 85.1 Å². The average Bonchev–Trinajstić information content (AvgIpc) is 2.05. The maximum absolute atomic E-state index is 11.6. The van der Waals surface area contributed by atoms with Crippen LogP contribution in [0.1, 0.15) is 40.0 Å². The summed E-state index contributed by atoms with van der Waals surface area (Å²) in [5, 5.41) is 0. The summed E-state index contributed by atoms with van der Waals surface area (Å²) in [6.45, 7) is 6.07. The van der Waals surface area contributed by atoms with E-state index in [1.807, 2.05) is 0 Å². The Morgan fingerprint density at radius 1 is 1.43 bits per heavy atom. The fourth-order valence-corrected chi connectivity index (χ4v) is 3.38. The predicted molar refractivity (Wildman–Crippen MR) is 53.8 cm³/mol. The van der Waals surface area contributed by atoms with E-state index in [4.69, 9.17) is 0 Å². The van der Waals surface area contributed by atoms with Crippen molar-refractivity contribution < 1.29 is 9.59 Å². The van der Waals surface area contributed by atoms with Crippen molar-refractivity contribution in [3.05, 3.63) is 0 Å². The van der Waals surface area contributed by atoms with E-state index in [9.17, 15) is 9.59 Å². The van der Waals surface area contributed by atoms with Crippen LogP contribution < -0.4 is 0 Å². The molecule has 0 aromatic rings. The normalized spacial score (nSPS) is 39.9. The fourth-order valence-electron chi connectivity index (χ4n) is 3.38. The highest BCUT2D eigenvalue weighted by atomic mass is 16.1. The maximum atomic E-state index is 11.6. The van der Waals surface area contributed by atoms with Crippen molar-refractivity contribution in [1.29, 1.82) is 0 Å². The number of hydrogen-bond acceptors (Lipinski definition) is 2. The van der Waals surface area contributed by atoms with Gasteiger partial charge in [0.2, 0.25) is 0 Å². The zero-order chi connectivity index (χ0) is 10.5. The molecule has 0 N–H and O–H groups in total. The van der Waals surface area contributed by atoms with Gasteiger partial charge in [0.05, 0.1) is 0 Å². The smallest absolute Gasteiger partial charge is 0.136 e. The summed E-state index contributed by atoms with van der Waals surface area (Å²) >= 11 is 0. The van der Waals surface area contributed by atoms with Gasteiger partial charge in [0.1, 0.15) is 11.6 Å². The summed E-state index contributed by atoms with van der Waals surface area (Å²) in [6.07, 6.45) is 2.45. The lowest BCUT2D eigenvalue weighted by molar-refractivity contribution is -0.145. The van der Waals surface area contributed by atoms with Gasteiger partial charge in [0.25, 0.3) is 0 Å². The molecule has 2 heteroatoms. The number of carbonyl (C=O) groups excluding carboxylic acids is 2. The van der Waals surface area contributed by atoms with Crippen molar-refractivity contribution in [3.63, 3.8) is 0 Å². The van der Waals surface area contributed by atoms with E-state index in [0.717, 1.165) is 12.8 Å². The molecule has 0 heterocycles. The summed E-state index contributed by atoms with van der Waals surface area (Å²) in [4.78, 5) is 23.1. The van der Waals surface area contributed by atoms with E-state index in [1.165, 1.54) is 0 Å². The molecule has 3 aliphatic carbocycles. The molecule has 2 bridgehead atoms. The number of hydrogen-bond donors (Lipinski definition) is 0. The van der Waals surface area contributed by atoms with Gasteiger partial charge in [0, 0.05) is 18.3 Å². The second-order valence-electron chi connectivity index (χ2n) is 5.62. The Balaban J connectivity index is 2.30. The van der Waals surface area contributed by atoms with Crippen LogP contribution in [-0.2, 0) is 9.59 Å². The van der Waals surface area contributed by atoms with Gasteiger partial charge in [-0.2, -0.15) is 0 Å². The number of rotatable bonds is 1. The lowest BCUT2D eigenvalue weighted by Crippen LogP contribution is -2.50. The Kier molecular flexibility index (Phi) is 2.06. The van der Waals surface area contributed by atoms with Crippen molar-refractivity contribution in [1.82, 2.24) is 0 Å². The summed E-state index contributed by atoms with van der Waals surface area (Å²) in [5.41, 5.74) is 0.188. The van der Waals surface area contributed by atoms with Crippen molar-refractivity contribution in [2.24, 2.45) is 23.2 Å². The molecule has 3 atom stereocenters. The number of fused-ring (bicyclic) bond motifs is 3. The Hall–Kier alpha value is -0.660. The third-order valence-electron chi connectivity index (χ3n) is 4.20. The molecule has 3 saturated carbocycles. The molecule has 14 heavy (non-hydrogen) atoms. The molecule has 0 amide bonds. The van der Waals surface area contributed by atoms with Gasteiger partial charge in [-0.3, -0.25) is 9.59 Å². The summed E-state index contributed by atoms with van der Waals surface area (Å²) < 4.78 is 0. The number of carbonyl (C=O) groups is 2. The molecular formula is C12H18O2. The third-order valence-corrected chi connectivity index (χ3v) is 4.20. The standard InChI is InChI=1S/C12H18O2/c1-7(13)9-4-8-6-12(2,3)10(9)5-11(8)14/h8-10H,4-6H2,1-3H3/t8-,9-,10-/m1/s1. The van der Waals surface area contributed by atoms with Gasteiger partial charge in [-0.15, -0.1) is 0 Å². The molecular weight excluding hydrogens is 176 g/mol. The average molecular weight is 194 g/mol. The zero-order valence-corrected chi connectivity index (χ0v) is 9.17. The first-order chi connectivity index (χ1) is 6.42. The van der Waals surface area contributed by atoms with Crippen LogP contribution in [0.25, 0.3) is 0 Å². The fraction of sp³-hybridized carbons (Fsp3) is 0.833. The van der Waals surface area contributed by atoms with E-state index >= 15 is 0 Å². The molecule has 0 aliphatic heterocycles. The van der Waals surface area contributed by atoms with Crippen LogP contribution in [0.15, 0.2) is 0 Å². The first-order valence-electron chi connectivity index (χ1n) is 5.45. The molecule has 2 nitrogen and oxygen atoms in total. The Morgan fingerprint density at radius 3 is 2.57 bits per heavy atom. The minimum absolute atomic E-state index is 0.154. The maximum Gasteiger partial charge on any atom is 0.136 e. The highest BCUT2D eigenvalue weighted by Crippen LogP contribution is 2.53. The quantitative estimate of drug-likeness (QED) is 0.641. The highest BCUT2D eigenvalue weighted by Gasteiger charge is 2.51. The van der Waals surface area contributed by atoms with Gasteiger partial charge in [-0.05, 0) is 31.1 Å². The molecule has 0 saturated heterocycles. The second kappa shape index (κ2) is 2.91. The van der Waals surface area contributed by atoms with Crippen molar-refractivity contribution in [2.45, 2.75) is 40.0 Å². The van der Waals surface area contributed by atoms with E-state index < -0.39 is 0 Å². The van der Waals surface area contributed by atoms with Crippen molar-refractivity contribution in [2.75, 3.05) is 0 Å². The monoisotopic (exact) mass is 194 g/mol. The molecule has 3 aliphatic rings. The van der Waals surface area contributed by atoms with Crippen LogP contribution in [0.4, 0.5) is 0 Å². The molecule has 0 radical (unpaired) electrons. The van der Waals surface area contributed by atoms with Gasteiger partial charge in [0.15, 0.2) is 0 Å². The largest absolute Gasteiger partial charge is 0.300 e. The second-order valence-corrected chi connectivity index (χ2v) is 5.62. The van der Waals surface area contributed by atoms with Gasteiger partial charge in [-0.25, -0.2) is 0 Å².